The standard InChI is InChI=1S/C15H20O3/c1-10(2)15(3,4)13(16)11-6-8-12(9-7-11)14(17)18-5/h6-9,13,16H,1H2,2-5H3. The molecule has 0 aromatic heterocycles. The number of aliphatic hydroxyl groups is 1. The fourth-order valence-corrected chi connectivity index (χ4v) is 1.57. The lowest BCUT2D eigenvalue weighted by molar-refractivity contribution is 0.0599. The van der Waals surface area contributed by atoms with Gasteiger partial charge in [-0.15, -0.1) is 0 Å². The number of aliphatic hydroxyl groups excluding tert-OH is 1. The van der Waals surface area contributed by atoms with Crippen molar-refractivity contribution in [2.24, 2.45) is 5.41 Å². The molecule has 1 aromatic rings. The first kappa shape index (κ1) is 14.5. The van der Waals surface area contributed by atoms with Crippen LogP contribution in [-0.2, 0) is 4.74 Å². The Morgan fingerprint density at radius 3 is 2.22 bits per heavy atom. The van der Waals surface area contributed by atoms with Gasteiger partial charge in [-0.2, -0.15) is 0 Å². The quantitative estimate of drug-likeness (QED) is 0.658. The number of ether oxygens (including phenoxy) is 1. The molecule has 0 heterocycles. The van der Waals surface area contributed by atoms with Gasteiger partial charge >= 0.3 is 5.97 Å². The number of benzene rings is 1. The second-order valence-electron chi connectivity index (χ2n) is 5.02. The van der Waals surface area contributed by atoms with E-state index in [1.54, 1.807) is 24.3 Å². The molecule has 1 N–H and O–H groups in total. The van der Waals surface area contributed by atoms with Crippen molar-refractivity contribution in [1.29, 1.82) is 0 Å². The molecular weight excluding hydrogens is 228 g/mol. The Morgan fingerprint density at radius 1 is 1.33 bits per heavy atom. The highest BCUT2D eigenvalue weighted by Crippen LogP contribution is 2.38. The Hall–Kier alpha value is -1.61. The highest BCUT2D eigenvalue weighted by Gasteiger charge is 2.29. The zero-order valence-corrected chi connectivity index (χ0v) is 11.4. The van der Waals surface area contributed by atoms with Crippen LogP contribution in [0.3, 0.4) is 0 Å². The van der Waals surface area contributed by atoms with Crippen LogP contribution in [0, 0.1) is 5.41 Å². The van der Waals surface area contributed by atoms with E-state index in [9.17, 15) is 9.90 Å². The first-order chi connectivity index (χ1) is 8.30. The van der Waals surface area contributed by atoms with Crippen molar-refractivity contribution in [2.45, 2.75) is 26.9 Å². The van der Waals surface area contributed by atoms with E-state index in [-0.39, 0.29) is 5.97 Å². The summed E-state index contributed by atoms with van der Waals surface area (Å²) in [5.74, 6) is -0.379. The van der Waals surface area contributed by atoms with Crippen LogP contribution in [0.25, 0.3) is 0 Å². The summed E-state index contributed by atoms with van der Waals surface area (Å²) in [5, 5.41) is 10.3. The second-order valence-corrected chi connectivity index (χ2v) is 5.02. The minimum absolute atomic E-state index is 0.379. The molecule has 1 atom stereocenters. The maximum Gasteiger partial charge on any atom is 0.337 e. The van der Waals surface area contributed by atoms with E-state index in [4.69, 9.17) is 0 Å². The molecule has 3 heteroatoms. The lowest BCUT2D eigenvalue weighted by Crippen LogP contribution is -2.23. The van der Waals surface area contributed by atoms with Gasteiger partial charge in [-0.3, -0.25) is 0 Å². The van der Waals surface area contributed by atoms with E-state index in [1.165, 1.54) is 7.11 Å². The summed E-state index contributed by atoms with van der Waals surface area (Å²) in [6.07, 6.45) is -0.651. The zero-order valence-electron chi connectivity index (χ0n) is 11.4. The molecule has 0 saturated heterocycles. The van der Waals surface area contributed by atoms with Crippen LogP contribution in [0.15, 0.2) is 36.4 Å². The molecule has 1 unspecified atom stereocenters. The molecule has 0 radical (unpaired) electrons. The topological polar surface area (TPSA) is 46.5 Å². The van der Waals surface area contributed by atoms with Crippen LogP contribution < -0.4 is 0 Å². The summed E-state index contributed by atoms with van der Waals surface area (Å²) in [7, 11) is 1.34. The first-order valence-electron chi connectivity index (χ1n) is 5.83. The minimum atomic E-state index is -0.651. The number of carbonyl (C=O) groups excluding carboxylic acids is 1. The maximum atomic E-state index is 11.3. The predicted molar refractivity (Wildman–Crippen MR) is 71.3 cm³/mol. The lowest BCUT2D eigenvalue weighted by atomic mass is 9.77. The van der Waals surface area contributed by atoms with Crippen molar-refractivity contribution < 1.29 is 14.6 Å². The molecule has 98 valence electrons. The Labute approximate surface area is 108 Å². The van der Waals surface area contributed by atoms with Crippen molar-refractivity contribution in [3.63, 3.8) is 0 Å². The van der Waals surface area contributed by atoms with Crippen molar-refractivity contribution >= 4 is 5.97 Å². The Balaban J connectivity index is 2.99. The largest absolute Gasteiger partial charge is 0.465 e. The Bertz CT molecular complexity index is 443. The van der Waals surface area contributed by atoms with Crippen LogP contribution in [0.2, 0.25) is 0 Å². The van der Waals surface area contributed by atoms with Gasteiger partial charge in [0.1, 0.15) is 0 Å². The van der Waals surface area contributed by atoms with E-state index in [0.29, 0.717) is 5.56 Å². The van der Waals surface area contributed by atoms with Crippen LogP contribution in [0.5, 0.6) is 0 Å². The highest BCUT2D eigenvalue weighted by molar-refractivity contribution is 5.89. The first-order valence-corrected chi connectivity index (χ1v) is 5.83. The Morgan fingerprint density at radius 2 is 1.83 bits per heavy atom. The average Bonchev–Trinajstić information content (AvgIpc) is 2.36. The van der Waals surface area contributed by atoms with Gasteiger partial charge < -0.3 is 9.84 Å². The molecule has 1 rings (SSSR count). The lowest BCUT2D eigenvalue weighted by Gasteiger charge is -2.31. The molecule has 0 amide bonds. The third kappa shape index (κ3) is 2.79. The molecule has 0 bridgehead atoms. The summed E-state index contributed by atoms with van der Waals surface area (Å²) in [5.41, 5.74) is 1.73. The minimum Gasteiger partial charge on any atom is -0.465 e. The van der Waals surface area contributed by atoms with Crippen molar-refractivity contribution in [2.75, 3.05) is 7.11 Å². The number of methoxy groups -OCH3 is 1. The van der Waals surface area contributed by atoms with Crippen LogP contribution in [0.1, 0.15) is 42.8 Å². The average molecular weight is 248 g/mol. The van der Waals surface area contributed by atoms with Crippen molar-refractivity contribution in [3.05, 3.63) is 47.5 Å². The van der Waals surface area contributed by atoms with Gasteiger partial charge in [0.25, 0.3) is 0 Å². The molecule has 0 aliphatic rings. The SMILES string of the molecule is C=C(C)C(C)(C)C(O)c1ccc(C(=O)OC)cc1. The predicted octanol–water partition coefficient (Wildman–Crippen LogP) is 3.11. The highest BCUT2D eigenvalue weighted by atomic mass is 16.5. The summed E-state index contributed by atoms with van der Waals surface area (Å²) in [6, 6.07) is 6.78. The van der Waals surface area contributed by atoms with Crippen LogP contribution >= 0.6 is 0 Å². The third-order valence-corrected chi connectivity index (χ3v) is 3.43. The van der Waals surface area contributed by atoms with Gasteiger partial charge in [0.2, 0.25) is 0 Å². The number of hydrogen-bond donors (Lipinski definition) is 1. The summed E-state index contributed by atoms with van der Waals surface area (Å²) >= 11 is 0. The summed E-state index contributed by atoms with van der Waals surface area (Å²) in [6.45, 7) is 9.67. The fraction of sp³-hybridized carbons (Fsp3) is 0.400. The number of esters is 1. The van der Waals surface area contributed by atoms with Gasteiger partial charge in [-0.05, 0) is 24.6 Å². The molecule has 0 aliphatic carbocycles. The molecule has 0 saturated carbocycles. The van der Waals surface area contributed by atoms with E-state index in [0.717, 1.165) is 11.1 Å². The number of rotatable bonds is 4. The molecule has 0 fully saturated rings. The van der Waals surface area contributed by atoms with E-state index in [1.807, 2.05) is 20.8 Å². The third-order valence-electron chi connectivity index (χ3n) is 3.43. The van der Waals surface area contributed by atoms with Gasteiger partial charge in [0, 0.05) is 5.41 Å². The number of hydrogen-bond acceptors (Lipinski definition) is 3. The van der Waals surface area contributed by atoms with Crippen molar-refractivity contribution in [1.82, 2.24) is 0 Å². The normalized spacial score (nSPS) is 12.9. The van der Waals surface area contributed by atoms with E-state index < -0.39 is 11.5 Å². The maximum absolute atomic E-state index is 11.3. The molecule has 3 nitrogen and oxygen atoms in total. The van der Waals surface area contributed by atoms with Gasteiger partial charge in [-0.1, -0.05) is 38.1 Å². The molecular formula is C15H20O3. The second kappa shape index (κ2) is 5.36. The van der Waals surface area contributed by atoms with Crippen molar-refractivity contribution in [3.8, 4) is 0 Å². The Kier molecular flexibility index (Phi) is 4.30. The summed E-state index contributed by atoms with van der Waals surface area (Å²) < 4.78 is 4.63. The van der Waals surface area contributed by atoms with E-state index >= 15 is 0 Å². The molecule has 0 spiro atoms. The summed E-state index contributed by atoms with van der Waals surface area (Å²) in [4.78, 5) is 11.3. The fourth-order valence-electron chi connectivity index (χ4n) is 1.57. The van der Waals surface area contributed by atoms with Crippen LogP contribution in [0.4, 0.5) is 0 Å². The molecule has 1 aromatic carbocycles. The number of carbonyl (C=O) groups is 1. The molecule has 0 aliphatic heterocycles. The smallest absolute Gasteiger partial charge is 0.337 e. The van der Waals surface area contributed by atoms with E-state index in [2.05, 4.69) is 11.3 Å². The van der Waals surface area contributed by atoms with Crippen LogP contribution in [-0.4, -0.2) is 18.2 Å². The zero-order chi connectivity index (χ0) is 13.9. The monoisotopic (exact) mass is 248 g/mol. The van der Waals surface area contributed by atoms with Gasteiger partial charge in [0.05, 0.1) is 18.8 Å². The molecule has 18 heavy (non-hydrogen) atoms. The van der Waals surface area contributed by atoms with Gasteiger partial charge in [-0.25, -0.2) is 4.79 Å². The van der Waals surface area contributed by atoms with Gasteiger partial charge in [0.15, 0.2) is 0 Å².